The third-order valence-electron chi connectivity index (χ3n) is 2.37. The van der Waals surface area contributed by atoms with E-state index in [9.17, 15) is 0 Å². The van der Waals surface area contributed by atoms with Crippen molar-refractivity contribution in [3.63, 3.8) is 0 Å². The van der Waals surface area contributed by atoms with E-state index in [0.29, 0.717) is 0 Å². The Labute approximate surface area is 88.8 Å². The maximum absolute atomic E-state index is 6.08. The fraction of sp³-hybridized carbons (Fsp3) is 0.273. The molecule has 0 aliphatic heterocycles. The van der Waals surface area contributed by atoms with Gasteiger partial charge in [-0.3, -0.25) is 4.98 Å². The van der Waals surface area contributed by atoms with Crippen molar-refractivity contribution in [2.75, 3.05) is 0 Å². The molecule has 0 saturated heterocycles. The van der Waals surface area contributed by atoms with Crippen LogP contribution in [0.3, 0.4) is 0 Å². The first kappa shape index (κ1) is 9.86. The molecule has 2 aromatic rings. The van der Waals surface area contributed by atoms with E-state index in [2.05, 4.69) is 9.97 Å². The van der Waals surface area contributed by atoms with Crippen LogP contribution in [0.15, 0.2) is 30.6 Å². The number of aryl methyl sites for hydroxylation is 2. The van der Waals surface area contributed by atoms with Gasteiger partial charge >= 0.3 is 0 Å². The number of hydrogen-bond donors (Lipinski definition) is 1. The van der Waals surface area contributed by atoms with Crippen LogP contribution in [0, 0.1) is 6.92 Å². The van der Waals surface area contributed by atoms with E-state index >= 15 is 0 Å². The van der Waals surface area contributed by atoms with E-state index in [1.54, 1.807) is 6.20 Å². The summed E-state index contributed by atoms with van der Waals surface area (Å²) in [6.07, 6.45) is 3.62. The lowest BCUT2D eigenvalue weighted by atomic mass is 10.2. The van der Waals surface area contributed by atoms with Crippen molar-refractivity contribution in [3.8, 4) is 0 Å². The van der Waals surface area contributed by atoms with Crippen molar-refractivity contribution in [1.82, 2.24) is 14.5 Å². The van der Waals surface area contributed by atoms with Crippen molar-refractivity contribution in [3.05, 3.63) is 47.8 Å². The fourth-order valence-electron chi connectivity index (χ4n) is 1.55. The molecule has 4 nitrogen and oxygen atoms in total. The topological polar surface area (TPSA) is 56.7 Å². The van der Waals surface area contributed by atoms with Crippen LogP contribution in [0.4, 0.5) is 0 Å². The highest BCUT2D eigenvalue weighted by Crippen LogP contribution is 2.15. The number of rotatable bonds is 2. The molecule has 0 saturated carbocycles. The van der Waals surface area contributed by atoms with Gasteiger partial charge in [-0.25, -0.2) is 4.98 Å². The normalized spacial score (nSPS) is 12.7. The van der Waals surface area contributed by atoms with Gasteiger partial charge in [0.05, 0.1) is 5.69 Å². The Morgan fingerprint density at radius 1 is 1.40 bits per heavy atom. The van der Waals surface area contributed by atoms with E-state index in [1.165, 1.54) is 0 Å². The average molecular weight is 202 g/mol. The van der Waals surface area contributed by atoms with Gasteiger partial charge in [0, 0.05) is 25.1 Å². The molecule has 0 radical (unpaired) electrons. The lowest BCUT2D eigenvalue weighted by Crippen LogP contribution is -2.18. The third-order valence-corrected chi connectivity index (χ3v) is 2.37. The minimum Gasteiger partial charge on any atom is -0.336 e. The lowest BCUT2D eigenvalue weighted by Gasteiger charge is -2.11. The Bertz CT molecular complexity index is 461. The summed E-state index contributed by atoms with van der Waals surface area (Å²) in [6, 6.07) is 5.58. The van der Waals surface area contributed by atoms with Crippen LogP contribution in [-0.2, 0) is 7.05 Å². The Kier molecular flexibility index (Phi) is 2.51. The molecule has 2 aromatic heterocycles. The predicted molar refractivity (Wildman–Crippen MR) is 58.2 cm³/mol. The SMILES string of the molecule is Cc1cccc(C(N)c2nccn2C)n1. The fourth-order valence-corrected chi connectivity index (χ4v) is 1.55. The van der Waals surface area contributed by atoms with Gasteiger partial charge in [-0.05, 0) is 19.1 Å². The summed E-state index contributed by atoms with van der Waals surface area (Å²) in [4.78, 5) is 8.61. The van der Waals surface area contributed by atoms with E-state index in [0.717, 1.165) is 17.2 Å². The Balaban J connectivity index is 2.36. The molecule has 2 N–H and O–H groups in total. The van der Waals surface area contributed by atoms with Crippen molar-refractivity contribution >= 4 is 0 Å². The number of nitrogens with zero attached hydrogens (tertiary/aromatic N) is 3. The minimum absolute atomic E-state index is 0.259. The van der Waals surface area contributed by atoms with Crippen LogP contribution >= 0.6 is 0 Å². The van der Waals surface area contributed by atoms with Gasteiger partial charge < -0.3 is 10.3 Å². The molecule has 0 aliphatic carbocycles. The van der Waals surface area contributed by atoms with Crippen molar-refractivity contribution in [2.45, 2.75) is 13.0 Å². The zero-order valence-electron chi connectivity index (χ0n) is 8.88. The van der Waals surface area contributed by atoms with Crippen LogP contribution in [0.5, 0.6) is 0 Å². The second kappa shape index (κ2) is 3.82. The monoisotopic (exact) mass is 202 g/mol. The van der Waals surface area contributed by atoms with Crippen LogP contribution < -0.4 is 5.73 Å². The summed E-state index contributed by atoms with van der Waals surface area (Å²) in [5.74, 6) is 0.827. The highest BCUT2D eigenvalue weighted by Gasteiger charge is 2.14. The zero-order chi connectivity index (χ0) is 10.8. The van der Waals surface area contributed by atoms with Gasteiger partial charge in [-0.15, -0.1) is 0 Å². The Morgan fingerprint density at radius 3 is 2.80 bits per heavy atom. The molecule has 0 fully saturated rings. The van der Waals surface area contributed by atoms with E-state index in [-0.39, 0.29) is 6.04 Å². The molecule has 2 heterocycles. The minimum atomic E-state index is -0.259. The molecule has 0 aromatic carbocycles. The van der Waals surface area contributed by atoms with Gasteiger partial charge in [0.15, 0.2) is 0 Å². The molecule has 0 spiro atoms. The zero-order valence-corrected chi connectivity index (χ0v) is 8.88. The molecule has 1 atom stereocenters. The Morgan fingerprint density at radius 2 is 2.20 bits per heavy atom. The maximum atomic E-state index is 6.08. The molecular weight excluding hydrogens is 188 g/mol. The first-order valence-corrected chi connectivity index (χ1v) is 4.85. The van der Waals surface area contributed by atoms with Crippen LogP contribution in [0.25, 0.3) is 0 Å². The van der Waals surface area contributed by atoms with Crippen LogP contribution in [0.1, 0.15) is 23.3 Å². The molecule has 2 rings (SSSR count). The first-order valence-electron chi connectivity index (χ1n) is 4.85. The summed E-state index contributed by atoms with van der Waals surface area (Å²) in [6.45, 7) is 1.95. The number of aromatic nitrogens is 3. The molecule has 4 heteroatoms. The first-order chi connectivity index (χ1) is 7.18. The number of nitrogens with two attached hydrogens (primary N) is 1. The highest BCUT2D eigenvalue weighted by atomic mass is 15.1. The molecule has 0 aliphatic rings. The van der Waals surface area contributed by atoms with Crippen molar-refractivity contribution in [2.24, 2.45) is 12.8 Å². The molecule has 15 heavy (non-hydrogen) atoms. The smallest absolute Gasteiger partial charge is 0.131 e. The summed E-state index contributed by atoms with van der Waals surface area (Å²) in [5.41, 5.74) is 7.91. The number of hydrogen-bond acceptors (Lipinski definition) is 3. The summed E-state index contributed by atoms with van der Waals surface area (Å²) >= 11 is 0. The summed E-state index contributed by atoms with van der Waals surface area (Å²) < 4.78 is 1.91. The number of imidazole rings is 1. The van der Waals surface area contributed by atoms with Gasteiger partial charge in [0.1, 0.15) is 11.9 Å². The third kappa shape index (κ3) is 1.89. The number of pyridine rings is 1. The molecular formula is C11H14N4. The van der Waals surface area contributed by atoms with Gasteiger partial charge in [-0.2, -0.15) is 0 Å². The predicted octanol–water partition coefficient (Wildman–Crippen LogP) is 1.17. The second-order valence-corrected chi connectivity index (χ2v) is 3.58. The molecule has 0 bridgehead atoms. The highest BCUT2D eigenvalue weighted by molar-refractivity contribution is 5.19. The largest absolute Gasteiger partial charge is 0.336 e. The summed E-state index contributed by atoms with van der Waals surface area (Å²) in [5, 5.41) is 0. The maximum Gasteiger partial charge on any atom is 0.131 e. The Hall–Kier alpha value is -1.68. The quantitative estimate of drug-likeness (QED) is 0.795. The van der Waals surface area contributed by atoms with Gasteiger partial charge in [0.25, 0.3) is 0 Å². The van der Waals surface area contributed by atoms with Crippen molar-refractivity contribution < 1.29 is 0 Å². The van der Waals surface area contributed by atoms with E-state index in [4.69, 9.17) is 5.73 Å². The van der Waals surface area contributed by atoms with E-state index in [1.807, 2.05) is 42.9 Å². The van der Waals surface area contributed by atoms with Gasteiger partial charge in [0.2, 0.25) is 0 Å². The van der Waals surface area contributed by atoms with Crippen LogP contribution in [-0.4, -0.2) is 14.5 Å². The lowest BCUT2D eigenvalue weighted by molar-refractivity contribution is 0.698. The average Bonchev–Trinajstić information content (AvgIpc) is 2.63. The van der Waals surface area contributed by atoms with Crippen molar-refractivity contribution in [1.29, 1.82) is 0 Å². The second-order valence-electron chi connectivity index (χ2n) is 3.58. The molecule has 1 unspecified atom stereocenters. The van der Waals surface area contributed by atoms with Crippen LogP contribution in [0.2, 0.25) is 0 Å². The standard InChI is InChI=1S/C11H14N4/c1-8-4-3-5-9(14-8)10(12)11-13-6-7-15(11)2/h3-7,10H,12H2,1-2H3. The molecule has 0 amide bonds. The van der Waals surface area contributed by atoms with E-state index < -0.39 is 0 Å². The van der Waals surface area contributed by atoms with Gasteiger partial charge in [-0.1, -0.05) is 6.07 Å². The molecule has 78 valence electrons. The summed E-state index contributed by atoms with van der Waals surface area (Å²) in [7, 11) is 1.93.